The first-order chi connectivity index (χ1) is 20.8. The fourth-order valence-corrected chi connectivity index (χ4v) is 6.69. The van der Waals surface area contributed by atoms with E-state index in [0.717, 1.165) is 33.9 Å². The van der Waals surface area contributed by atoms with Crippen molar-refractivity contribution in [1.82, 2.24) is 9.55 Å². The van der Waals surface area contributed by atoms with E-state index in [-0.39, 0.29) is 12.1 Å². The summed E-state index contributed by atoms with van der Waals surface area (Å²) in [6.07, 6.45) is 8.74. The van der Waals surface area contributed by atoms with Crippen LogP contribution in [0.1, 0.15) is 5.56 Å². The Morgan fingerprint density at radius 3 is 2.21 bits per heavy atom. The molecule has 5 aromatic carbocycles. The Labute approximate surface area is 244 Å². The van der Waals surface area contributed by atoms with Gasteiger partial charge in [-0.3, -0.25) is 9.56 Å². The van der Waals surface area contributed by atoms with E-state index in [2.05, 4.69) is 143 Å². The lowest BCUT2D eigenvalue weighted by molar-refractivity contribution is 0.739. The molecule has 0 saturated carbocycles. The molecule has 4 heteroatoms. The van der Waals surface area contributed by atoms with Gasteiger partial charge in [-0.05, 0) is 53.1 Å². The first kappa shape index (κ1) is 23.2. The number of hydrogen-bond donors (Lipinski definition) is 0. The number of anilines is 1. The predicted molar refractivity (Wildman–Crippen MR) is 172 cm³/mol. The number of allylic oxidation sites excluding steroid dienone is 2. The molecule has 0 amide bonds. The van der Waals surface area contributed by atoms with Crippen LogP contribution in [0.3, 0.4) is 0 Å². The molecule has 2 unspecified atom stereocenters. The highest BCUT2D eigenvalue weighted by Gasteiger charge is 2.40. The molecule has 198 valence electrons. The number of aliphatic imine (C=N–C) groups is 1. The highest BCUT2D eigenvalue weighted by atomic mass is 15.3. The van der Waals surface area contributed by atoms with Crippen LogP contribution >= 0.6 is 0 Å². The van der Waals surface area contributed by atoms with E-state index in [9.17, 15) is 0 Å². The largest absolute Gasteiger partial charge is 0.316 e. The van der Waals surface area contributed by atoms with Crippen molar-refractivity contribution in [2.75, 3.05) is 4.90 Å². The van der Waals surface area contributed by atoms with Gasteiger partial charge in [0, 0.05) is 22.4 Å². The van der Waals surface area contributed by atoms with E-state index in [1.54, 1.807) is 0 Å². The van der Waals surface area contributed by atoms with Gasteiger partial charge in [0.05, 0.1) is 28.8 Å². The summed E-state index contributed by atoms with van der Waals surface area (Å²) in [5, 5.41) is 0. The van der Waals surface area contributed by atoms with E-state index in [1.165, 1.54) is 33.5 Å². The Bertz CT molecular complexity index is 2100. The van der Waals surface area contributed by atoms with Crippen LogP contribution in [0.25, 0.3) is 50.4 Å². The number of nitrogens with zero attached hydrogens (tertiary/aromatic N) is 4. The number of aromatic nitrogens is 2. The molecule has 0 bridgehead atoms. The number of amidine groups is 1. The fraction of sp³-hybridized carbons (Fsp3) is 0.0526. The maximum atomic E-state index is 5.21. The molecule has 1 aliphatic carbocycles. The van der Waals surface area contributed by atoms with Crippen LogP contribution in [0.2, 0.25) is 0 Å². The van der Waals surface area contributed by atoms with Crippen LogP contribution < -0.4 is 4.90 Å². The summed E-state index contributed by atoms with van der Waals surface area (Å²) < 4.78 is 2.25. The number of imidazole rings is 1. The van der Waals surface area contributed by atoms with Gasteiger partial charge >= 0.3 is 0 Å². The molecule has 6 aromatic rings. The van der Waals surface area contributed by atoms with Gasteiger partial charge in [0.15, 0.2) is 0 Å². The van der Waals surface area contributed by atoms with Crippen molar-refractivity contribution in [2.24, 2.45) is 4.99 Å². The molecule has 2 aliphatic heterocycles. The lowest BCUT2D eigenvalue weighted by atomic mass is 9.89. The zero-order valence-electron chi connectivity index (χ0n) is 22.8. The molecule has 3 aliphatic rings. The molecule has 0 spiro atoms. The zero-order valence-corrected chi connectivity index (χ0v) is 22.8. The van der Waals surface area contributed by atoms with Crippen molar-refractivity contribution in [1.29, 1.82) is 0 Å². The van der Waals surface area contributed by atoms with Crippen molar-refractivity contribution in [3.8, 4) is 39.3 Å². The van der Waals surface area contributed by atoms with E-state index < -0.39 is 0 Å². The molecule has 2 atom stereocenters. The topological polar surface area (TPSA) is 33.4 Å². The quantitative estimate of drug-likeness (QED) is 0.226. The minimum atomic E-state index is 0.135. The zero-order chi connectivity index (χ0) is 27.6. The van der Waals surface area contributed by atoms with Crippen molar-refractivity contribution in [3.63, 3.8) is 0 Å². The van der Waals surface area contributed by atoms with Gasteiger partial charge in [0.1, 0.15) is 11.7 Å². The Balaban J connectivity index is 1.14. The fourth-order valence-electron chi connectivity index (χ4n) is 6.69. The number of fused-ring (bicyclic) bond motifs is 9. The Kier molecular flexibility index (Phi) is 4.99. The van der Waals surface area contributed by atoms with Crippen LogP contribution in [0.5, 0.6) is 0 Å². The molecule has 0 N–H and O–H groups in total. The van der Waals surface area contributed by atoms with Gasteiger partial charge in [-0.2, -0.15) is 0 Å². The SMILES string of the molecule is C1=CC2N=C3c4cc(-c5ccc(-c6nc7ccccc7n6-c6ccccc6)cc5)ccc4-c4ccccc4N3C2C=C1. The highest BCUT2D eigenvalue weighted by molar-refractivity contribution is 6.21. The minimum Gasteiger partial charge on any atom is -0.316 e. The first-order valence-corrected chi connectivity index (χ1v) is 14.4. The summed E-state index contributed by atoms with van der Waals surface area (Å²) in [5.74, 6) is 2.00. The lowest BCUT2D eigenvalue weighted by Crippen LogP contribution is -2.41. The lowest BCUT2D eigenvalue weighted by Gasteiger charge is -2.35. The maximum Gasteiger partial charge on any atom is 0.145 e. The van der Waals surface area contributed by atoms with E-state index in [4.69, 9.17) is 9.98 Å². The Morgan fingerprint density at radius 1 is 0.571 bits per heavy atom. The standard InChI is InChI=1S/C38H26N4/c1-2-10-28(11-3-1)41-35-16-8-5-13-32(35)39-37(41)26-20-18-25(19-21-26)27-22-23-29-30-12-4-7-15-34(30)42-36-17-9-6-14-33(36)40-38(42)31(29)24-27/h1-24,33,36H. The van der Waals surface area contributed by atoms with Crippen LogP contribution in [0.15, 0.2) is 151 Å². The average molecular weight is 539 g/mol. The van der Waals surface area contributed by atoms with Crippen LogP contribution in [-0.2, 0) is 0 Å². The van der Waals surface area contributed by atoms with E-state index in [1.807, 2.05) is 12.1 Å². The van der Waals surface area contributed by atoms with Crippen LogP contribution in [0, 0.1) is 0 Å². The van der Waals surface area contributed by atoms with Crippen molar-refractivity contribution >= 4 is 22.6 Å². The maximum absolute atomic E-state index is 5.21. The number of benzene rings is 5. The van der Waals surface area contributed by atoms with Crippen LogP contribution in [0.4, 0.5) is 5.69 Å². The monoisotopic (exact) mass is 538 g/mol. The van der Waals surface area contributed by atoms with Crippen LogP contribution in [-0.4, -0.2) is 27.5 Å². The summed E-state index contributed by atoms with van der Waals surface area (Å²) >= 11 is 0. The van der Waals surface area contributed by atoms with Gasteiger partial charge in [-0.25, -0.2) is 4.98 Å². The second-order valence-corrected chi connectivity index (χ2v) is 11.0. The average Bonchev–Trinajstić information content (AvgIpc) is 3.65. The highest BCUT2D eigenvalue weighted by Crippen LogP contribution is 2.45. The smallest absolute Gasteiger partial charge is 0.145 e. The molecule has 3 heterocycles. The third kappa shape index (κ3) is 3.42. The Morgan fingerprint density at radius 2 is 1.31 bits per heavy atom. The van der Waals surface area contributed by atoms with Gasteiger partial charge in [-0.15, -0.1) is 0 Å². The molecule has 0 fully saturated rings. The van der Waals surface area contributed by atoms with E-state index in [0.29, 0.717) is 0 Å². The number of rotatable bonds is 3. The van der Waals surface area contributed by atoms with E-state index >= 15 is 0 Å². The molecule has 42 heavy (non-hydrogen) atoms. The molecule has 1 aromatic heterocycles. The normalized spacial score (nSPS) is 17.9. The first-order valence-electron chi connectivity index (χ1n) is 14.4. The molecular weight excluding hydrogens is 512 g/mol. The summed E-state index contributed by atoms with van der Waals surface area (Å²) in [7, 11) is 0. The second kappa shape index (κ2) is 9.02. The summed E-state index contributed by atoms with van der Waals surface area (Å²) in [6, 6.07) is 43.5. The third-order valence-electron chi connectivity index (χ3n) is 8.64. The molecule has 0 saturated heterocycles. The number of para-hydroxylation sites is 4. The minimum absolute atomic E-state index is 0.135. The van der Waals surface area contributed by atoms with Crippen molar-refractivity contribution in [2.45, 2.75) is 12.1 Å². The van der Waals surface area contributed by atoms with Crippen molar-refractivity contribution in [3.05, 3.63) is 151 Å². The predicted octanol–water partition coefficient (Wildman–Crippen LogP) is 8.47. The molecular formula is C38H26N4. The van der Waals surface area contributed by atoms with Gasteiger partial charge in [0.25, 0.3) is 0 Å². The van der Waals surface area contributed by atoms with Gasteiger partial charge in [0.2, 0.25) is 0 Å². The van der Waals surface area contributed by atoms with Gasteiger partial charge in [-0.1, -0.05) is 109 Å². The second-order valence-electron chi connectivity index (χ2n) is 11.0. The summed E-state index contributed by atoms with van der Waals surface area (Å²) in [6.45, 7) is 0. The summed E-state index contributed by atoms with van der Waals surface area (Å²) in [5.41, 5.74) is 11.6. The number of hydrogen-bond acceptors (Lipinski definition) is 3. The van der Waals surface area contributed by atoms with Gasteiger partial charge < -0.3 is 4.90 Å². The third-order valence-corrected chi connectivity index (χ3v) is 8.64. The molecule has 4 nitrogen and oxygen atoms in total. The molecule has 9 rings (SSSR count). The van der Waals surface area contributed by atoms with Crippen molar-refractivity contribution < 1.29 is 0 Å². The Hall–Kier alpha value is -5.48. The summed E-state index contributed by atoms with van der Waals surface area (Å²) in [4.78, 5) is 12.7. The molecule has 0 radical (unpaired) electrons.